The number of aliphatic carboxylic acids is 1. The predicted octanol–water partition coefficient (Wildman–Crippen LogP) is 0.698. The van der Waals surface area contributed by atoms with Gasteiger partial charge in [0.05, 0.1) is 17.6 Å². The number of aromatic nitrogens is 1. The highest BCUT2D eigenvalue weighted by Crippen LogP contribution is 2.17. The van der Waals surface area contributed by atoms with E-state index in [-0.39, 0.29) is 5.92 Å². The van der Waals surface area contributed by atoms with Crippen molar-refractivity contribution >= 4 is 23.6 Å². The fourth-order valence-electron chi connectivity index (χ4n) is 1.65. The first kappa shape index (κ1) is 15.5. The van der Waals surface area contributed by atoms with Crippen molar-refractivity contribution in [3.8, 4) is 0 Å². The zero-order valence-electron chi connectivity index (χ0n) is 11.2. The Labute approximate surface area is 116 Å². The molecule has 0 saturated carbocycles. The van der Waals surface area contributed by atoms with Gasteiger partial charge in [-0.15, -0.1) is 11.8 Å². The first-order chi connectivity index (χ1) is 8.95. The number of carbonyl (C=O) groups excluding carboxylic acids is 2. The molecule has 104 valence electrons. The first-order valence-corrected chi connectivity index (χ1v) is 7.19. The molecule has 0 aliphatic carbocycles. The van der Waals surface area contributed by atoms with Gasteiger partial charge in [0, 0.05) is 6.20 Å². The Morgan fingerprint density at radius 1 is 1.47 bits per heavy atom. The molecule has 1 N–H and O–H groups in total. The quantitative estimate of drug-likeness (QED) is 0.776. The van der Waals surface area contributed by atoms with Crippen LogP contribution in [-0.4, -0.2) is 29.2 Å². The first-order valence-electron chi connectivity index (χ1n) is 5.96. The standard InChI is InChI=1S/C13H18N2O3S/c1-8(2)7-10(13(17)18)15-11(16)9-5-4-6-14-12(9)19-3/h4-6,8,10H,7H2,1-3H3,(H,15,16)(H,17,18)/p-1/t10-/m1/s1. The van der Waals surface area contributed by atoms with E-state index in [0.717, 1.165) is 0 Å². The fraction of sp³-hybridized carbons (Fsp3) is 0.462. The molecule has 0 bridgehead atoms. The number of nitrogens with zero attached hydrogens (tertiary/aromatic N) is 1. The molecule has 0 saturated heterocycles. The summed E-state index contributed by atoms with van der Waals surface area (Å²) in [7, 11) is 0. The van der Waals surface area contributed by atoms with E-state index in [1.54, 1.807) is 18.3 Å². The maximum atomic E-state index is 12.1. The van der Waals surface area contributed by atoms with Crippen LogP contribution in [0.1, 0.15) is 30.6 Å². The van der Waals surface area contributed by atoms with Crippen molar-refractivity contribution in [2.75, 3.05) is 6.26 Å². The van der Waals surface area contributed by atoms with Crippen LogP contribution in [0.4, 0.5) is 0 Å². The van der Waals surface area contributed by atoms with E-state index in [1.807, 2.05) is 20.1 Å². The second kappa shape index (κ2) is 7.13. The second-order valence-corrected chi connectivity index (χ2v) is 5.33. The van der Waals surface area contributed by atoms with Crippen LogP contribution in [0.3, 0.4) is 0 Å². The largest absolute Gasteiger partial charge is 0.548 e. The summed E-state index contributed by atoms with van der Waals surface area (Å²) in [6, 6.07) is 2.28. The Morgan fingerprint density at radius 2 is 2.16 bits per heavy atom. The zero-order valence-corrected chi connectivity index (χ0v) is 12.0. The van der Waals surface area contributed by atoms with Gasteiger partial charge in [-0.05, 0) is 30.7 Å². The molecule has 1 heterocycles. The fourth-order valence-corrected chi connectivity index (χ4v) is 2.19. The van der Waals surface area contributed by atoms with Crippen molar-refractivity contribution in [1.82, 2.24) is 10.3 Å². The van der Waals surface area contributed by atoms with Crippen LogP contribution < -0.4 is 10.4 Å². The molecule has 0 radical (unpaired) electrons. The van der Waals surface area contributed by atoms with Gasteiger partial charge in [-0.1, -0.05) is 13.8 Å². The summed E-state index contributed by atoms with van der Waals surface area (Å²) in [5.74, 6) is -1.55. The van der Waals surface area contributed by atoms with Crippen molar-refractivity contribution in [1.29, 1.82) is 0 Å². The van der Waals surface area contributed by atoms with Crippen molar-refractivity contribution < 1.29 is 14.7 Å². The molecule has 5 nitrogen and oxygen atoms in total. The number of carboxylic acids is 1. The molecule has 0 fully saturated rings. The monoisotopic (exact) mass is 281 g/mol. The van der Waals surface area contributed by atoms with Crippen LogP contribution in [-0.2, 0) is 4.79 Å². The number of hydrogen-bond acceptors (Lipinski definition) is 5. The number of pyridine rings is 1. The SMILES string of the molecule is CSc1ncccc1C(=O)N[C@H](CC(C)C)C(=O)[O-]. The van der Waals surface area contributed by atoms with Gasteiger partial charge in [0.25, 0.3) is 5.91 Å². The minimum atomic E-state index is -1.27. The third-order valence-electron chi connectivity index (χ3n) is 2.51. The van der Waals surface area contributed by atoms with Gasteiger partial charge < -0.3 is 15.2 Å². The molecular weight excluding hydrogens is 264 g/mol. The molecule has 0 spiro atoms. The molecule has 1 atom stereocenters. The van der Waals surface area contributed by atoms with Crippen LogP contribution in [0.15, 0.2) is 23.4 Å². The Kier molecular flexibility index (Phi) is 5.82. The van der Waals surface area contributed by atoms with E-state index < -0.39 is 17.9 Å². The summed E-state index contributed by atoms with van der Waals surface area (Å²) in [4.78, 5) is 27.1. The lowest BCUT2D eigenvalue weighted by Crippen LogP contribution is -2.48. The second-order valence-electron chi connectivity index (χ2n) is 4.53. The lowest BCUT2D eigenvalue weighted by molar-refractivity contribution is -0.308. The minimum Gasteiger partial charge on any atom is -0.548 e. The van der Waals surface area contributed by atoms with Crippen molar-refractivity contribution in [2.45, 2.75) is 31.3 Å². The lowest BCUT2D eigenvalue weighted by Gasteiger charge is -2.21. The van der Waals surface area contributed by atoms with Crippen molar-refractivity contribution in [3.05, 3.63) is 23.9 Å². The van der Waals surface area contributed by atoms with Crippen molar-refractivity contribution in [3.63, 3.8) is 0 Å². The third kappa shape index (κ3) is 4.55. The number of carbonyl (C=O) groups is 2. The highest BCUT2D eigenvalue weighted by atomic mass is 32.2. The van der Waals surface area contributed by atoms with Gasteiger partial charge in [0.1, 0.15) is 5.03 Å². The number of carboxylic acid groups (broad SMARTS) is 1. The minimum absolute atomic E-state index is 0.150. The van der Waals surface area contributed by atoms with Gasteiger partial charge in [0.2, 0.25) is 0 Å². The molecule has 19 heavy (non-hydrogen) atoms. The van der Waals surface area contributed by atoms with Gasteiger partial charge >= 0.3 is 0 Å². The van der Waals surface area contributed by atoms with Gasteiger partial charge in [-0.3, -0.25) is 4.79 Å². The average Bonchev–Trinajstić information content (AvgIpc) is 2.37. The number of hydrogen-bond donors (Lipinski definition) is 1. The van der Waals surface area contributed by atoms with E-state index in [1.165, 1.54) is 11.8 Å². The normalized spacial score (nSPS) is 12.2. The summed E-state index contributed by atoms with van der Waals surface area (Å²) in [5.41, 5.74) is 0.380. The molecule has 6 heteroatoms. The Morgan fingerprint density at radius 3 is 2.68 bits per heavy atom. The van der Waals surface area contributed by atoms with E-state index in [9.17, 15) is 14.7 Å². The maximum absolute atomic E-state index is 12.1. The number of amides is 1. The van der Waals surface area contributed by atoms with E-state index >= 15 is 0 Å². The lowest BCUT2D eigenvalue weighted by atomic mass is 10.0. The Balaban J connectivity index is 2.84. The number of nitrogens with one attached hydrogen (secondary N) is 1. The van der Waals surface area contributed by atoms with Crippen LogP contribution in [0.2, 0.25) is 0 Å². The molecular formula is C13H17N2O3S-. The smallest absolute Gasteiger partial charge is 0.254 e. The van der Waals surface area contributed by atoms with E-state index in [2.05, 4.69) is 10.3 Å². The number of thioether (sulfide) groups is 1. The zero-order chi connectivity index (χ0) is 14.4. The van der Waals surface area contributed by atoms with Crippen LogP contribution in [0, 0.1) is 5.92 Å². The molecule has 0 aliphatic rings. The van der Waals surface area contributed by atoms with Crippen molar-refractivity contribution in [2.24, 2.45) is 5.92 Å². The molecule has 0 unspecified atom stereocenters. The van der Waals surface area contributed by atoms with Gasteiger partial charge in [0.15, 0.2) is 0 Å². The highest BCUT2D eigenvalue weighted by Gasteiger charge is 2.18. The predicted molar refractivity (Wildman–Crippen MR) is 71.7 cm³/mol. The molecule has 1 amide bonds. The molecule has 1 rings (SSSR count). The Bertz CT molecular complexity index is 463. The number of rotatable bonds is 6. The molecule has 1 aromatic rings. The van der Waals surface area contributed by atoms with Gasteiger partial charge in [-0.2, -0.15) is 0 Å². The summed E-state index contributed by atoms with van der Waals surface area (Å²) in [6.45, 7) is 3.78. The van der Waals surface area contributed by atoms with Crippen LogP contribution in [0.25, 0.3) is 0 Å². The maximum Gasteiger partial charge on any atom is 0.254 e. The summed E-state index contributed by atoms with van der Waals surface area (Å²) < 4.78 is 0. The highest BCUT2D eigenvalue weighted by molar-refractivity contribution is 7.98. The summed E-state index contributed by atoms with van der Waals surface area (Å²) in [6.07, 6.45) is 3.74. The van der Waals surface area contributed by atoms with E-state index in [4.69, 9.17) is 0 Å². The molecule has 1 aromatic heterocycles. The molecule has 0 aliphatic heterocycles. The van der Waals surface area contributed by atoms with Crippen LogP contribution in [0.5, 0.6) is 0 Å². The third-order valence-corrected chi connectivity index (χ3v) is 3.22. The van der Waals surface area contributed by atoms with Crippen LogP contribution >= 0.6 is 11.8 Å². The van der Waals surface area contributed by atoms with Gasteiger partial charge in [-0.25, -0.2) is 4.98 Å². The topological polar surface area (TPSA) is 82.1 Å². The van der Waals surface area contributed by atoms with E-state index in [0.29, 0.717) is 17.0 Å². The Hall–Kier alpha value is -1.56. The average molecular weight is 281 g/mol. The molecule has 0 aromatic carbocycles. The summed E-state index contributed by atoms with van der Waals surface area (Å²) in [5, 5.41) is 14.1. The summed E-state index contributed by atoms with van der Waals surface area (Å²) >= 11 is 1.34.